The molecule has 0 saturated carbocycles. The Morgan fingerprint density at radius 1 is 0.583 bits per heavy atom. The van der Waals surface area contributed by atoms with Crippen LogP contribution in [0.25, 0.3) is 0 Å². The Kier molecular flexibility index (Phi) is 27.2. The summed E-state index contributed by atoms with van der Waals surface area (Å²) >= 11 is 0. The summed E-state index contributed by atoms with van der Waals surface area (Å²) in [5, 5.41) is 0. The lowest BCUT2D eigenvalue weighted by atomic mass is 10.0. The second kappa shape index (κ2) is 26.1. The maximum Gasteiger partial charge on any atom is 0.469 e. The molecule has 0 radical (unpaired) electrons. The Labute approximate surface area is 217 Å². The third-order valence-electron chi connectivity index (χ3n) is 5.35. The Hall–Kier alpha value is -0.570. The molecule has 0 aromatic rings. The highest BCUT2D eigenvalue weighted by Crippen LogP contribution is 2.35. The lowest BCUT2D eigenvalue weighted by Crippen LogP contribution is -2.01. The molecule has 216 valence electrons. The summed E-state index contributed by atoms with van der Waals surface area (Å²) in [7, 11) is -8.92. The quantitative estimate of drug-likeness (QED) is 0.0413. The van der Waals surface area contributed by atoms with Gasteiger partial charge in [-0.15, -0.1) is 0 Å². The summed E-state index contributed by atoms with van der Waals surface area (Å²) in [5.41, 5.74) is 0. The number of allylic oxidation sites excluding steroid dienone is 1. The number of carbonyl (C=O) groups excluding carboxylic acids is 1. The van der Waals surface area contributed by atoms with Gasteiger partial charge in [0.15, 0.2) is 0 Å². The SMILES string of the molecule is CC=CC(=O)OCCCCCCCCCCCCCCCCCCCCOP(=O)(O)O.O=P(O)(O)O. The van der Waals surface area contributed by atoms with Crippen LogP contribution in [0, 0.1) is 0 Å². The van der Waals surface area contributed by atoms with E-state index in [1.807, 2.05) is 6.92 Å². The lowest BCUT2D eigenvalue weighted by Gasteiger charge is -2.05. The minimum absolute atomic E-state index is 0.153. The molecule has 0 spiro atoms. The van der Waals surface area contributed by atoms with Gasteiger partial charge in [0.1, 0.15) is 0 Å². The number of hydrogen-bond donors (Lipinski definition) is 5. The van der Waals surface area contributed by atoms with Gasteiger partial charge in [-0.25, -0.2) is 13.9 Å². The van der Waals surface area contributed by atoms with E-state index in [9.17, 15) is 9.36 Å². The van der Waals surface area contributed by atoms with Gasteiger partial charge in [0.2, 0.25) is 0 Å². The molecule has 0 rings (SSSR count). The van der Waals surface area contributed by atoms with Crippen LogP contribution in [0.3, 0.4) is 0 Å². The molecule has 0 bridgehead atoms. The molecule has 0 saturated heterocycles. The fourth-order valence-corrected chi connectivity index (χ4v) is 3.94. The van der Waals surface area contributed by atoms with Crippen molar-refractivity contribution in [2.45, 2.75) is 122 Å². The van der Waals surface area contributed by atoms with Crippen molar-refractivity contribution in [1.82, 2.24) is 0 Å². The first kappa shape index (κ1) is 37.6. The molecule has 0 aliphatic heterocycles. The predicted molar refractivity (Wildman–Crippen MR) is 141 cm³/mol. The number of esters is 1. The molecule has 0 atom stereocenters. The summed E-state index contributed by atoms with van der Waals surface area (Å²) in [5.74, 6) is -0.232. The van der Waals surface area contributed by atoms with Gasteiger partial charge in [-0.2, -0.15) is 0 Å². The molecule has 0 aromatic heterocycles. The fraction of sp³-hybridized carbons (Fsp3) is 0.875. The van der Waals surface area contributed by atoms with Crippen LogP contribution >= 0.6 is 15.6 Å². The molecule has 0 amide bonds. The van der Waals surface area contributed by atoms with Crippen LogP contribution in [0.1, 0.15) is 122 Å². The van der Waals surface area contributed by atoms with E-state index in [1.54, 1.807) is 6.08 Å². The summed E-state index contributed by atoms with van der Waals surface area (Å²) in [6.45, 7) is 2.51. The second-order valence-corrected chi connectivity index (χ2v) is 11.1. The average Bonchev–Trinajstić information content (AvgIpc) is 2.75. The molecule has 0 heterocycles. The molecule has 36 heavy (non-hydrogen) atoms. The van der Waals surface area contributed by atoms with Crippen LogP contribution in [-0.2, 0) is 23.2 Å². The van der Waals surface area contributed by atoms with Crippen LogP contribution in [-0.4, -0.2) is 43.7 Å². The van der Waals surface area contributed by atoms with E-state index >= 15 is 0 Å². The van der Waals surface area contributed by atoms with Gasteiger partial charge >= 0.3 is 21.6 Å². The molecular weight excluding hydrogens is 510 g/mol. The summed E-state index contributed by atoms with van der Waals surface area (Å²) in [6, 6.07) is 0. The van der Waals surface area contributed by atoms with Crippen molar-refractivity contribution in [2.75, 3.05) is 13.2 Å². The highest BCUT2D eigenvalue weighted by Gasteiger charge is 2.12. The van der Waals surface area contributed by atoms with Crippen molar-refractivity contribution in [3.8, 4) is 0 Å². The molecule has 0 aromatic carbocycles. The molecule has 0 unspecified atom stereocenters. The number of rotatable bonds is 23. The normalized spacial score (nSPS) is 11.9. The van der Waals surface area contributed by atoms with E-state index in [-0.39, 0.29) is 12.6 Å². The minimum atomic E-state index is -4.64. The van der Waals surface area contributed by atoms with Gasteiger partial charge < -0.3 is 29.2 Å². The molecule has 12 heteroatoms. The number of phosphoric ester groups is 1. The van der Waals surface area contributed by atoms with Gasteiger partial charge in [-0.1, -0.05) is 109 Å². The first-order valence-corrected chi connectivity index (χ1v) is 16.3. The number of phosphoric acid groups is 2. The van der Waals surface area contributed by atoms with E-state index in [0.29, 0.717) is 6.61 Å². The zero-order chi connectivity index (χ0) is 27.5. The third kappa shape index (κ3) is 43.5. The Morgan fingerprint density at radius 3 is 1.14 bits per heavy atom. The van der Waals surface area contributed by atoms with Crippen molar-refractivity contribution in [2.24, 2.45) is 0 Å². The van der Waals surface area contributed by atoms with Crippen molar-refractivity contribution in [3.63, 3.8) is 0 Å². The van der Waals surface area contributed by atoms with Gasteiger partial charge in [0.25, 0.3) is 0 Å². The molecule has 0 fully saturated rings. The highest BCUT2D eigenvalue weighted by molar-refractivity contribution is 7.46. The smallest absolute Gasteiger partial charge is 0.463 e. The van der Waals surface area contributed by atoms with Crippen molar-refractivity contribution < 1.29 is 47.7 Å². The van der Waals surface area contributed by atoms with Crippen LogP contribution in [0.4, 0.5) is 0 Å². The van der Waals surface area contributed by atoms with E-state index < -0.39 is 15.6 Å². The third-order valence-corrected chi connectivity index (χ3v) is 5.86. The van der Waals surface area contributed by atoms with Gasteiger partial charge in [0, 0.05) is 6.08 Å². The molecule has 0 aliphatic rings. The summed E-state index contributed by atoms with van der Waals surface area (Å²) in [4.78, 5) is 49.9. The zero-order valence-corrected chi connectivity index (χ0v) is 23.8. The predicted octanol–water partition coefficient (Wildman–Crippen LogP) is 6.31. The molecule has 10 nitrogen and oxygen atoms in total. The highest BCUT2D eigenvalue weighted by atomic mass is 31.2. The lowest BCUT2D eigenvalue weighted by molar-refractivity contribution is -0.137. The molecule has 0 aliphatic carbocycles. The van der Waals surface area contributed by atoms with Crippen molar-refractivity contribution >= 4 is 21.6 Å². The maximum absolute atomic E-state index is 11.1. The monoisotopic (exact) mass is 560 g/mol. The van der Waals surface area contributed by atoms with Crippen molar-refractivity contribution in [1.29, 1.82) is 0 Å². The largest absolute Gasteiger partial charge is 0.469 e. The van der Waals surface area contributed by atoms with Crippen LogP contribution in [0.2, 0.25) is 0 Å². The van der Waals surface area contributed by atoms with E-state index in [2.05, 4.69) is 4.52 Å². The molecular formula is C24H50O10P2. The standard InChI is InChI=1S/C24H47O6P.H3O4P/c1-2-21-24(25)29-22-19-17-15-13-11-9-7-5-3-4-6-8-10-12-14-16-18-20-23-30-31(26,27)28;1-5(2,3)4/h2,21H,3-20,22-23H2,1H3,(H2,26,27,28);(H3,1,2,3,4). The van der Waals surface area contributed by atoms with Crippen molar-refractivity contribution in [3.05, 3.63) is 12.2 Å². The first-order valence-electron chi connectivity index (χ1n) is 13.2. The fourth-order valence-electron chi connectivity index (χ4n) is 3.57. The summed E-state index contributed by atoms with van der Waals surface area (Å²) < 4.78 is 28.9. The first-order chi connectivity index (χ1) is 17.0. The van der Waals surface area contributed by atoms with Gasteiger partial charge in [0.05, 0.1) is 13.2 Å². The minimum Gasteiger partial charge on any atom is -0.463 e. The zero-order valence-electron chi connectivity index (χ0n) is 22.0. The Morgan fingerprint density at radius 2 is 0.861 bits per heavy atom. The summed E-state index contributed by atoms with van der Waals surface area (Å²) in [6.07, 6.45) is 25.2. The van der Waals surface area contributed by atoms with Crippen LogP contribution < -0.4 is 0 Å². The average molecular weight is 561 g/mol. The number of carbonyl (C=O) groups is 1. The van der Waals surface area contributed by atoms with E-state index in [1.165, 1.54) is 89.5 Å². The van der Waals surface area contributed by atoms with Crippen LogP contribution in [0.15, 0.2) is 12.2 Å². The van der Waals surface area contributed by atoms with Gasteiger partial charge in [-0.05, 0) is 19.8 Å². The maximum atomic E-state index is 11.1. The number of ether oxygens (including phenoxy) is 1. The number of hydrogen-bond acceptors (Lipinski definition) is 5. The topological polar surface area (TPSA) is 171 Å². The Balaban J connectivity index is 0. The Bertz CT molecular complexity index is 608. The van der Waals surface area contributed by atoms with Gasteiger partial charge in [-0.3, -0.25) is 4.52 Å². The molecule has 5 N–H and O–H groups in total. The number of unbranched alkanes of at least 4 members (excludes halogenated alkanes) is 17. The van der Waals surface area contributed by atoms with E-state index in [4.69, 9.17) is 33.8 Å². The van der Waals surface area contributed by atoms with E-state index in [0.717, 1.165) is 32.1 Å². The second-order valence-electron chi connectivity index (χ2n) is 8.87. The van der Waals surface area contributed by atoms with Crippen LogP contribution in [0.5, 0.6) is 0 Å².